The zero-order valence-electron chi connectivity index (χ0n) is 11.2. The van der Waals surface area contributed by atoms with E-state index < -0.39 is 6.10 Å². The monoisotopic (exact) mass is 264 g/mol. The van der Waals surface area contributed by atoms with Gasteiger partial charge in [-0.2, -0.15) is 0 Å². The molecule has 2 rings (SSSR count). The minimum Gasteiger partial charge on any atom is -0.490 e. The minimum absolute atomic E-state index is 0.182. The van der Waals surface area contributed by atoms with Crippen LogP contribution in [0.2, 0.25) is 0 Å². The number of carbonyl (C=O) groups is 1. The Balaban J connectivity index is 2.01. The summed E-state index contributed by atoms with van der Waals surface area (Å²) in [6.07, 6.45) is 1.70. The number of ketones is 1. The molecule has 0 bridgehead atoms. The van der Waals surface area contributed by atoms with Crippen molar-refractivity contribution < 1.29 is 19.4 Å². The first-order valence-corrected chi connectivity index (χ1v) is 6.76. The van der Waals surface area contributed by atoms with E-state index in [1.54, 1.807) is 0 Å². The van der Waals surface area contributed by atoms with Crippen molar-refractivity contribution in [2.75, 3.05) is 19.8 Å². The predicted octanol–water partition coefficient (Wildman–Crippen LogP) is 1.98. The Morgan fingerprint density at radius 3 is 2.95 bits per heavy atom. The quantitative estimate of drug-likeness (QED) is 0.853. The summed E-state index contributed by atoms with van der Waals surface area (Å²) in [7, 11) is 0. The Morgan fingerprint density at radius 2 is 2.16 bits per heavy atom. The van der Waals surface area contributed by atoms with Gasteiger partial charge in [0.15, 0.2) is 5.78 Å². The Morgan fingerprint density at radius 1 is 1.32 bits per heavy atom. The molecule has 1 aromatic rings. The Labute approximate surface area is 113 Å². The lowest BCUT2D eigenvalue weighted by Crippen LogP contribution is -2.24. The molecule has 1 N–H and O–H groups in total. The van der Waals surface area contributed by atoms with Crippen molar-refractivity contribution in [3.63, 3.8) is 0 Å². The van der Waals surface area contributed by atoms with Crippen LogP contribution in [0.25, 0.3) is 0 Å². The molecule has 4 heteroatoms. The van der Waals surface area contributed by atoms with Crippen LogP contribution in [0.1, 0.15) is 35.7 Å². The van der Waals surface area contributed by atoms with E-state index in [0.717, 1.165) is 24.0 Å². The number of aliphatic hydroxyl groups excluding tert-OH is 1. The van der Waals surface area contributed by atoms with Crippen molar-refractivity contribution in [2.45, 2.75) is 32.3 Å². The van der Waals surface area contributed by atoms with Gasteiger partial charge in [-0.05, 0) is 25.8 Å². The summed E-state index contributed by atoms with van der Waals surface area (Å²) in [5.41, 5.74) is 1.74. The number of carbonyl (C=O) groups excluding carboxylic acids is 1. The number of aliphatic hydroxyl groups is 1. The molecule has 0 radical (unpaired) electrons. The summed E-state index contributed by atoms with van der Waals surface area (Å²) in [5.74, 6) is 0.891. The van der Waals surface area contributed by atoms with Crippen LogP contribution in [0.3, 0.4) is 0 Å². The Kier molecular flexibility index (Phi) is 4.93. The summed E-state index contributed by atoms with van der Waals surface area (Å²) in [6, 6.07) is 5.53. The maximum Gasteiger partial charge on any atom is 0.163 e. The van der Waals surface area contributed by atoms with Crippen LogP contribution in [0.15, 0.2) is 18.2 Å². The number of Topliss-reactive ketones (excluding diaryl/α,β-unsaturated/α-hetero) is 1. The maximum absolute atomic E-state index is 11.8. The maximum atomic E-state index is 11.8. The molecule has 0 saturated carbocycles. The van der Waals surface area contributed by atoms with E-state index in [2.05, 4.69) is 0 Å². The fraction of sp³-hybridized carbons (Fsp3) is 0.533. The van der Waals surface area contributed by atoms with Crippen LogP contribution in [0.5, 0.6) is 5.75 Å². The van der Waals surface area contributed by atoms with Crippen LogP contribution < -0.4 is 4.74 Å². The molecule has 0 aliphatic heterocycles. The van der Waals surface area contributed by atoms with Crippen LogP contribution in [0, 0.1) is 0 Å². The standard InChI is InChI=1S/C15H20O4/c1-2-18-9-11(16)10-19-15-8-4-5-12-13(15)6-3-7-14(12)17/h4-5,8,11,16H,2-3,6-7,9-10H2,1H3. The SMILES string of the molecule is CCOCC(O)COc1cccc2c1CCCC2=O. The van der Waals surface area contributed by atoms with Crippen LogP contribution >= 0.6 is 0 Å². The van der Waals surface area contributed by atoms with Crippen molar-refractivity contribution in [2.24, 2.45) is 0 Å². The summed E-state index contributed by atoms with van der Waals surface area (Å²) >= 11 is 0. The molecular formula is C15H20O4. The van der Waals surface area contributed by atoms with Gasteiger partial charge in [-0.1, -0.05) is 12.1 Å². The summed E-state index contributed by atoms with van der Waals surface area (Å²) < 4.78 is 10.8. The second kappa shape index (κ2) is 6.68. The smallest absolute Gasteiger partial charge is 0.163 e. The zero-order chi connectivity index (χ0) is 13.7. The molecule has 0 fully saturated rings. The molecule has 0 heterocycles. The van der Waals surface area contributed by atoms with Gasteiger partial charge in [0.25, 0.3) is 0 Å². The molecule has 1 aliphatic carbocycles. The van der Waals surface area contributed by atoms with Crippen molar-refractivity contribution in [1.29, 1.82) is 0 Å². The first kappa shape index (κ1) is 14.0. The number of hydrogen-bond donors (Lipinski definition) is 1. The van der Waals surface area contributed by atoms with E-state index >= 15 is 0 Å². The fourth-order valence-electron chi connectivity index (χ4n) is 2.27. The number of rotatable bonds is 6. The van der Waals surface area contributed by atoms with E-state index in [9.17, 15) is 9.90 Å². The number of benzene rings is 1. The highest BCUT2D eigenvalue weighted by molar-refractivity contribution is 5.99. The lowest BCUT2D eigenvalue weighted by atomic mass is 9.90. The van der Waals surface area contributed by atoms with Gasteiger partial charge in [-0.15, -0.1) is 0 Å². The van der Waals surface area contributed by atoms with E-state index in [0.29, 0.717) is 18.8 Å². The average Bonchev–Trinajstić information content (AvgIpc) is 2.43. The summed E-state index contributed by atoms with van der Waals surface area (Å²) in [4.78, 5) is 11.8. The lowest BCUT2D eigenvalue weighted by molar-refractivity contribution is 0.0162. The van der Waals surface area contributed by atoms with Crippen molar-refractivity contribution in [3.05, 3.63) is 29.3 Å². The molecule has 0 amide bonds. The van der Waals surface area contributed by atoms with Gasteiger partial charge >= 0.3 is 0 Å². The van der Waals surface area contributed by atoms with Crippen molar-refractivity contribution in [1.82, 2.24) is 0 Å². The third kappa shape index (κ3) is 3.55. The van der Waals surface area contributed by atoms with Crippen LogP contribution in [0.4, 0.5) is 0 Å². The second-order valence-corrected chi connectivity index (χ2v) is 4.68. The molecule has 4 nitrogen and oxygen atoms in total. The van der Waals surface area contributed by atoms with E-state index in [1.165, 1.54) is 0 Å². The predicted molar refractivity (Wildman–Crippen MR) is 71.7 cm³/mol. The molecule has 104 valence electrons. The largest absolute Gasteiger partial charge is 0.490 e. The number of hydrogen-bond acceptors (Lipinski definition) is 4. The molecule has 1 aromatic carbocycles. The molecule has 1 unspecified atom stereocenters. The lowest BCUT2D eigenvalue weighted by Gasteiger charge is -2.19. The highest BCUT2D eigenvalue weighted by Crippen LogP contribution is 2.29. The zero-order valence-corrected chi connectivity index (χ0v) is 11.2. The molecular weight excluding hydrogens is 244 g/mol. The van der Waals surface area contributed by atoms with Gasteiger partial charge in [-0.3, -0.25) is 4.79 Å². The number of fused-ring (bicyclic) bond motifs is 1. The molecule has 0 spiro atoms. The van der Waals surface area contributed by atoms with Gasteiger partial charge in [0.1, 0.15) is 18.5 Å². The van der Waals surface area contributed by atoms with E-state index in [4.69, 9.17) is 9.47 Å². The minimum atomic E-state index is -0.643. The third-order valence-corrected chi connectivity index (χ3v) is 3.21. The van der Waals surface area contributed by atoms with E-state index in [1.807, 2.05) is 25.1 Å². The first-order chi connectivity index (χ1) is 9.22. The normalized spacial score (nSPS) is 16.0. The number of ether oxygens (including phenoxy) is 2. The molecule has 19 heavy (non-hydrogen) atoms. The Hall–Kier alpha value is -1.39. The van der Waals surface area contributed by atoms with Crippen LogP contribution in [-0.2, 0) is 11.2 Å². The highest BCUT2D eigenvalue weighted by atomic mass is 16.5. The molecule has 1 aliphatic rings. The average molecular weight is 264 g/mol. The topological polar surface area (TPSA) is 55.8 Å². The third-order valence-electron chi connectivity index (χ3n) is 3.21. The fourth-order valence-corrected chi connectivity index (χ4v) is 2.27. The second-order valence-electron chi connectivity index (χ2n) is 4.68. The van der Waals surface area contributed by atoms with Crippen LogP contribution in [-0.4, -0.2) is 36.8 Å². The summed E-state index contributed by atoms with van der Waals surface area (Å²) in [6.45, 7) is 2.91. The molecule has 0 aromatic heterocycles. The van der Waals surface area contributed by atoms with Gasteiger partial charge in [-0.25, -0.2) is 0 Å². The highest BCUT2D eigenvalue weighted by Gasteiger charge is 2.20. The van der Waals surface area contributed by atoms with Gasteiger partial charge in [0, 0.05) is 24.2 Å². The van der Waals surface area contributed by atoms with Crippen molar-refractivity contribution in [3.8, 4) is 5.75 Å². The van der Waals surface area contributed by atoms with Gasteiger partial charge < -0.3 is 14.6 Å². The Bertz CT molecular complexity index is 442. The molecule has 1 atom stereocenters. The van der Waals surface area contributed by atoms with Gasteiger partial charge in [0.05, 0.1) is 6.61 Å². The van der Waals surface area contributed by atoms with Gasteiger partial charge in [0.2, 0.25) is 0 Å². The summed E-state index contributed by atoms with van der Waals surface area (Å²) in [5, 5.41) is 9.68. The van der Waals surface area contributed by atoms with Crippen molar-refractivity contribution >= 4 is 5.78 Å². The molecule has 0 saturated heterocycles. The first-order valence-electron chi connectivity index (χ1n) is 6.76. The van der Waals surface area contributed by atoms with E-state index in [-0.39, 0.29) is 19.0 Å².